The molecule has 30 heavy (non-hydrogen) atoms. The largest absolute Gasteiger partial charge is 0.483 e. The summed E-state index contributed by atoms with van der Waals surface area (Å²) in [7, 11) is 1.76. The molecule has 0 spiro atoms. The zero-order valence-electron chi connectivity index (χ0n) is 17.9. The van der Waals surface area contributed by atoms with E-state index in [1.54, 1.807) is 18.1 Å². The Morgan fingerprint density at radius 3 is 2.37 bits per heavy atom. The molecule has 168 valence electrons. The van der Waals surface area contributed by atoms with E-state index >= 15 is 0 Å². The highest BCUT2D eigenvalue weighted by Gasteiger charge is 2.26. The third kappa shape index (κ3) is 7.57. The lowest BCUT2D eigenvalue weighted by Gasteiger charge is -2.34. The van der Waals surface area contributed by atoms with Gasteiger partial charge in [0.25, 0.3) is 6.47 Å². The number of carbonyl (C=O) groups is 3. The Hall–Kier alpha value is -2.78. The molecule has 1 aliphatic heterocycles. The van der Waals surface area contributed by atoms with Gasteiger partial charge >= 0.3 is 12.1 Å². The number of carboxylic acid groups (broad SMARTS) is 1. The second-order valence-electron chi connectivity index (χ2n) is 7.97. The molecule has 2 heterocycles. The second-order valence-corrected chi connectivity index (χ2v) is 7.97. The minimum absolute atomic E-state index is 0.0528. The molecule has 10 nitrogen and oxygen atoms in total. The molecule has 0 bridgehead atoms. The quantitative estimate of drug-likeness (QED) is 0.552. The number of aromatic nitrogens is 2. The zero-order chi connectivity index (χ0) is 21.9. The predicted octanol–water partition coefficient (Wildman–Crippen LogP) is 2.07. The maximum atomic E-state index is 12.4. The summed E-state index contributed by atoms with van der Waals surface area (Å²) < 4.78 is 0. The number of likely N-dealkylation sites (tertiary alicyclic amines) is 1. The van der Waals surface area contributed by atoms with E-state index in [-0.39, 0.29) is 24.6 Å². The number of hydrogen-bond donors (Lipinski definition) is 4. The van der Waals surface area contributed by atoms with Gasteiger partial charge in [0.05, 0.1) is 6.54 Å². The Kier molecular flexibility index (Phi) is 9.43. The molecule has 4 amide bonds. The third-order valence-electron chi connectivity index (χ3n) is 5.53. The summed E-state index contributed by atoms with van der Waals surface area (Å²) in [6.45, 7) is 3.51. The second kappa shape index (κ2) is 12.0. The standard InChI is InChI=1S/C19H32N6O2.CH2O2/c1-14-12-20-17(21-14)13-24(2)18(26)22-16-8-10-25(11-9-16)19(27)23-15-6-4-3-5-7-15;2-1-3/h12,15-16H,3-11,13H2,1-2H3,(H,20,21)(H,22,26)(H,23,27);1H,(H,2,3). The number of rotatable bonds is 4. The van der Waals surface area contributed by atoms with Crippen molar-refractivity contribution < 1.29 is 19.5 Å². The van der Waals surface area contributed by atoms with Gasteiger partial charge in [-0.1, -0.05) is 19.3 Å². The third-order valence-corrected chi connectivity index (χ3v) is 5.53. The lowest BCUT2D eigenvalue weighted by atomic mass is 9.95. The zero-order valence-corrected chi connectivity index (χ0v) is 17.9. The van der Waals surface area contributed by atoms with E-state index in [1.807, 2.05) is 11.8 Å². The van der Waals surface area contributed by atoms with Crippen LogP contribution in [0.25, 0.3) is 0 Å². The molecule has 0 aromatic carbocycles. The number of urea groups is 2. The topological polar surface area (TPSA) is 131 Å². The monoisotopic (exact) mass is 422 g/mol. The first-order chi connectivity index (χ1) is 14.4. The summed E-state index contributed by atoms with van der Waals surface area (Å²) in [6, 6.07) is 0.394. The van der Waals surface area contributed by atoms with Crippen LogP contribution in [0.4, 0.5) is 9.59 Å². The highest BCUT2D eigenvalue weighted by Crippen LogP contribution is 2.18. The summed E-state index contributed by atoms with van der Waals surface area (Å²) in [6.07, 6.45) is 9.24. The fourth-order valence-electron chi connectivity index (χ4n) is 3.87. The van der Waals surface area contributed by atoms with Crippen LogP contribution in [0.2, 0.25) is 0 Å². The first-order valence-electron chi connectivity index (χ1n) is 10.6. The highest BCUT2D eigenvalue weighted by atomic mass is 16.3. The lowest BCUT2D eigenvalue weighted by molar-refractivity contribution is -0.122. The van der Waals surface area contributed by atoms with Gasteiger partial charge in [-0.2, -0.15) is 0 Å². The van der Waals surface area contributed by atoms with Crippen molar-refractivity contribution in [3.63, 3.8) is 0 Å². The van der Waals surface area contributed by atoms with Gasteiger partial charge < -0.3 is 30.5 Å². The highest BCUT2D eigenvalue weighted by molar-refractivity contribution is 5.75. The average Bonchev–Trinajstić information content (AvgIpc) is 3.14. The van der Waals surface area contributed by atoms with Gasteiger partial charge in [0, 0.05) is 44.1 Å². The van der Waals surface area contributed by atoms with E-state index in [4.69, 9.17) is 9.90 Å². The van der Waals surface area contributed by atoms with Gasteiger partial charge in [0.1, 0.15) is 5.82 Å². The van der Waals surface area contributed by atoms with Gasteiger partial charge in [-0.05, 0) is 32.6 Å². The van der Waals surface area contributed by atoms with Crippen LogP contribution in [-0.4, -0.2) is 75.6 Å². The first-order valence-corrected chi connectivity index (χ1v) is 10.6. The minimum atomic E-state index is -0.250. The van der Waals surface area contributed by atoms with E-state index in [2.05, 4.69) is 20.6 Å². The van der Waals surface area contributed by atoms with Crippen LogP contribution in [0, 0.1) is 6.92 Å². The van der Waals surface area contributed by atoms with Crippen LogP contribution in [-0.2, 0) is 11.3 Å². The molecule has 2 aliphatic rings. The maximum absolute atomic E-state index is 12.4. The number of hydrogen-bond acceptors (Lipinski definition) is 4. The molecule has 1 aromatic rings. The fraction of sp³-hybridized carbons (Fsp3) is 0.700. The van der Waals surface area contributed by atoms with Crippen LogP contribution >= 0.6 is 0 Å². The predicted molar refractivity (Wildman–Crippen MR) is 112 cm³/mol. The van der Waals surface area contributed by atoms with Crippen molar-refractivity contribution in [2.45, 2.75) is 70.5 Å². The summed E-state index contributed by atoms with van der Waals surface area (Å²) in [4.78, 5) is 44.0. The van der Waals surface area contributed by atoms with Crippen LogP contribution in [0.15, 0.2) is 6.20 Å². The Balaban J connectivity index is 0.00000101. The molecule has 1 saturated carbocycles. The van der Waals surface area contributed by atoms with Gasteiger partial charge in [0.2, 0.25) is 0 Å². The number of carbonyl (C=O) groups excluding carboxylic acids is 2. The Bertz CT molecular complexity index is 681. The molecule has 2 fully saturated rings. The van der Waals surface area contributed by atoms with E-state index in [0.29, 0.717) is 25.7 Å². The molecule has 4 N–H and O–H groups in total. The minimum Gasteiger partial charge on any atom is -0.483 e. The van der Waals surface area contributed by atoms with Crippen LogP contribution in [0.3, 0.4) is 0 Å². The first kappa shape index (κ1) is 23.5. The molecule has 0 radical (unpaired) electrons. The molecule has 3 rings (SSSR count). The SMILES string of the molecule is Cc1cnc(CN(C)C(=O)NC2CCN(C(=O)NC3CCCCC3)CC2)[nH]1.O=CO. The summed E-state index contributed by atoms with van der Waals surface area (Å²) in [5.74, 6) is 0.777. The smallest absolute Gasteiger partial charge is 0.317 e. The van der Waals surface area contributed by atoms with Crippen molar-refractivity contribution in [3.8, 4) is 0 Å². The number of H-pyrrole nitrogens is 1. The molecule has 1 saturated heterocycles. The summed E-state index contributed by atoms with van der Waals surface area (Å²) >= 11 is 0. The maximum Gasteiger partial charge on any atom is 0.317 e. The number of nitrogens with zero attached hydrogens (tertiary/aromatic N) is 3. The van der Waals surface area contributed by atoms with Gasteiger partial charge in [-0.3, -0.25) is 4.79 Å². The summed E-state index contributed by atoms with van der Waals surface area (Å²) in [5.41, 5.74) is 0.984. The van der Waals surface area contributed by atoms with E-state index in [9.17, 15) is 9.59 Å². The van der Waals surface area contributed by atoms with Crippen molar-refractivity contribution in [1.29, 1.82) is 0 Å². The number of piperidine rings is 1. The Labute approximate surface area is 177 Å². The van der Waals surface area contributed by atoms with Crippen molar-refractivity contribution in [2.75, 3.05) is 20.1 Å². The van der Waals surface area contributed by atoms with Gasteiger partial charge in [0.15, 0.2) is 0 Å². The van der Waals surface area contributed by atoms with Crippen molar-refractivity contribution in [1.82, 2.24) is 30.4 Å². The molecule has 10 heteroatoms. The molecule has 0 unspecified atom stereocenters. The van der Waals surface area contributed by atoms with E-state index in [1.165, 1.54) is 19.3 Å². The lowest BCUT2D eigenvalue weighted by Crippen LogP contribution is -2.52. The Morgan fingerprint density at radius 1 is 1.20 bits per heavy atom. The number of aryl methyl sites for hydroxylation is 1. The molecule has 1 aromatic heterocycles. The fourth-order valence-corrected chi connectivity index (χ4v) is 3.87. The molecule has 1 aliphatic carbocycles. The van der Waals surface area contributed by atoms with Crippen LogP contribution in [0.1, 0.15) is 56.5 Å². The normalized spacial score (nSPS) is 17.5. The van der Waals surface area contributed by atoms with E-state index in [0.717, 1.165) is 37.2 Å². The van der Waals surface area contributed by atoms with E-state index < -0.39 is 0 Å². The van der Waals surface area contributed by atoms with Gasteiger partial charge in [-0.25, -0.2) is 14.6 Å². The molecule has 0 atom stereocenters. The summed E-state index contributed by atoms with van der Waals surface area (Å²) in [5, 5.41) is 13.1. The average molecular weight is 423 g/mol. The van der Waals surface area contributed by atoms with Gasteiger partial charge in [-0.15, -0.1) is 0 Å². The van der Waals surface area contributed by atoms with Crippen molar-refractivity contribution in [2.24, 2.45) is 0 Å². The number of nitrogens with one attached hydrogen (secondary N) is 3. The van der Waals surface area contributed by atoms with Crippen molar-refractivity contribution >= 4 is 18.5 Å². The molecular weight excluding hydrogens is 388 g/mol. The van der Waals surface area contributed by atoms with Crippen LogP contribution in [0.5, 0.6) is 0 Å². The number of amides is 4. The molecular formula is C20H34N6O4. The van der Waals surface area contributed by atoms with Crippen molar-refractivity contribution in [3.05, 3.63) is 17.7 Å². The number of aromatic amines is 1. The Morgan fingerprint density at radius 2 is 1.80 bits per heavy atom. The van der Waals surface area contributed by atoms with Crippen LogP contribution < -0.4 is 10.6 Å². The number of imidazole rings is 1.